The Morgan fingerprint density at radius 2 is 2.14 bits per heavy atom. The fraction of sp³-hybridized carbons (Fsp3) is 0.429. The van der Waals surface area contributed by atoms with Crippen molar-refractivity contribution in [2.75, 3.05) is 32.1 Å². The molecule has 1 aliphatic heterocycles. The van der Waals surface area contributed by atoms with Crippen molar-refractivity contribution >= 4 is 17.6 Å². The zero-order chi connectivity index (χ0) is 15.5. The number of benzene rings is 1. The van der Waals surface area contributed by atoms with Crippen molar-refractivity contribution in [3.8, 4) is 5.75 Å². The second kappa shape index (κ2) is 6.11. The molecule has 7 nitrogen and oxygen atoms in total. The van der Waals surface area contributed by atoms with Crippen LogP contribution in [0.1, 0.15) is 17.3 Å². The number of hydrogen-bond donors (Lipinski definition) is 3. The van der Waals surface area contributed by atoms with Crippen LogP contribution in [0.25, 0.3) is 0 Å². The number of ether oxygens (including phenoxy) is 2. The molecule has 114 valence electrons. The van der Waals surface area contributed by atoms with Gasteiger partial charge in [0.15, 0.2) is 0 Å². The average molecular weight is 294 g/mol. The molecule has 0 radical (unpaired) electrons. The van der Waals surface area contributed by atoms with E-state index in [9.17, 15) is 9.59 Å². The summed E-state index contributed by atoms with van der Waals surface area (Å²) in [5.41, 5.74) is -0.144. The van der Waals surface area contributed by atoms with Gasteiger partial charge in [0.25, 0.3) is 0 Å². The van der Waals surface area contributed by atoms with Crippen LogP contribution in [-0.2, 0) is 9.53 Å². The van der Waals surface area contributed by atoms with E-state index in [2.05, 4.69) is 10.6 Å². The minimum atomic E-state index is -1.12. The quantitative estimate of drug-likeness (QED) is 0.715. The highest BCUT2D eigenvalue weighted by Gasteiger charge is 2.33. The highest BCUT2D eigenvalue weighted by atomic mass is 16.5. The van der Waals surface area contributed by atoms with Gasteiger partial charge in [-0.3, -0.25) is 4.79 Å². The van der Waals surface area contributed by atoms with Crippen LogP contribution in [0, 0.1) is 0 Å². The molecule has 1 aliphatic rings. The Morgan fingerprint density at radius 3 is 2.67 bits per heavy atom. The smallest absolute Gasteiger partial charge is 0.337 e. The van der Waals surface area contributed by atoms with E-state index in [1.807, 2.05) is 6.92 Å². The van der Waals surface area contributed by atoms with Gasteiger partial charge in [-0.05, 0) is 19.1 Å². The van der Waals surface area contributed by atoms with Crippen molar-refractivity contribution in [3.05, 3.63) is 23.8 Å². The summed E-state index contributed by atoms with van der Waals surface area (Å²) in [6.07, 6.45) is 0. The highest BCUT2D eigenvalue weighted by Crippen LogP contribution is 2.23. The van der Waals surface area contributed by atoms with Gasteiger partial charge in [-0.25, -0.2) is 4.79 Å². The number of carbonyl (C=O) groups excluding carboxylic acids is 1. The molecule has 21 heavy (non-hydrogen) atoms. The molecular formula is C14H18N2O5. The molecule has 0 aliphatic carbocycles. The number of anilines is 1. The van der Waals surface area contributed by atoms with Gasteiger partial charge < -0.3 is 25.2 Å². The number of nitrogens with one attached hydrogen (secondary N) is 2. The fourth-order valence-corrected chi connectivity index (χ4v) is 1.95. The van der Waals surface area contributed by atoms with Crippen molar-refractivity contribution in [1.29, 1.82) is 0 Å². The second-order valence-corrected chi connectivity index (χ2v) is 5.11. The van der Waals surface area contributed by atoms with E-state index in [-0.39, 0.29) is 23.5 Å². The normalized spacial score (nSPS) is 15.9. The van der Waals surface area contributed by atoms with Crippen LogP contribution >= 0.6 is 0 Å². The summed E-state index contributed by atoms with van der Waals surface area (Å²) in [5, 5.41) is 14.7. The summed E-state index contributed by atoms with van der Waals surface area (Å²) in [6, 6.07) is 4.37. The third-order valence-corrected chi connectivity index (χ3v) is 3.28. The Balaban J connectivity index is 2.03. The van der Waals surface area contributed by atoms with Gasteiger partial charge in [-0.1, -0.05) is 0 Å². The molecule has 7 heteroatoms. The second-order valence-electron chi connectivity index (χ2n) is 5.11. The predicted molar refractivity (Wildman–Crippen MR) is 75.8 cm³/mol. The van der Waals surface area contributed by atoms with Crippen molar-refractivity contribution < 1.29 is 24.2 Å². The molecule has 3 N–H and O–H groups in total. The van der Waals surface area contributed by atoms with Gasteiger partial charge in [0.1, 0.15) is 12.4 Å². The number of rotatable bonds is 6. The topological polar surface area (TPSA) is 96.9 Å². The van der Waals surface area contributed by atoms with Crippen molar-refractivity contribution in [3.63, 3.8) is 0 Å². The van der Waals surface area contributed by atoms with Gasteiger partial charge in [0.2, 0.25) is 5.91 Å². The lowest BCUT2D eigenvalue weighted by Crippen LogP contribution is -2.59. The van der Waals surface area contributed by atoms with Gasteiger partial charge in [-0.2, -0.15) is 0 Å². The summed E-state index contributed by atoms with van der Waals surface area (Å²) in [4.78, 5) is 23.0. The highest BCUT2D eigenvalue weighted by molar-refractivity contribution is 6.01. The predicted octanol–water partition coefficient (Wildman–Crippen LogP) is 0.710. The third-order valence-electron chi connectivity index (χ3n) is 3.28. The van der Waals surface area contributed by atoms with E-state index in [4.69, 9.17) is 14.6 Å². The Morgan fingerprint density at radius 1 is 1.43 bits per heavy atom. The van der Waals surface area contributed by atoms with E-state index < -0.39 is 11.9 Å². The van der Waals surface area contributed by atoms with E-state index >= 15 is 0 Å². The van der Waals surface area contributed by atoms with E-state index in [0.29, 0.717) is 18.8 Å². The summed E-state index contributed by atoms with van der Waals surface area (Å²) in [5.74, 6) is -1.06. The van der Waals surface area contributed by atoms with Gasteiger partial charge in [-0.15, -0.1) is 0 Å². The van der Waals surface area contributed by atoms with Crippen LogP contribution in [0.4, 0.5) is 5.69 Å². The van der Waals surface area contributed by atoms with Crippen LogP contribution in [-0.4, -0.2) is 49.4 Å². The first-order valence-corrected chi connectivity index (χ1v) is 6.49. The number of aromatic carboxylic acids is 1. The molecular weight excluding hydrogens is 276 g/mol. The summed E-state index contributed by atoms with van der Waals surface area (Å²) in [6.45, 7) is 3.17. The Labute approximate surface area is 122 Å². The fourth-order valence-electron chi connectivity index (χ4n) is 1.95. The Kier molecular flexibility index (Phi) is 4.44. The number of carbonyl (C=O) groups is 2. The molecule has 0 saturated carbocycles. The van der Waals surface area contributed by atoms with Crippen LogP contribution in [0.15, 0.2) is 18.2 Å². The monoisotopic (exact) mass is 294 g/mol. The van der Waals surface area contributed by atoms with E-state index in [1.54, 1.807) is 0 Å². The first kappa shape index (κ1) is 15.3. The van der Waals surface area contributed by atoms with Crippen LogP contribution in [0.2, 0.25) is 0 Å². The van der Waals surface area contributed by atoms with Gasteiger partial charge >= 0.3 is 5.97 Å². The van der Waals surface area contributed by atoms with E-state index in [0.717, 1.165) is 0 Å². The van der Waals surface area contributed by atoms with E-state index in [1.165, 1.54) is 25.3 Å². The molecule has 2 rings (SSSR count). The lowest BCUT2D eigenvalue weighted by atomic mass is 10.0. The molecule has 1 heterocycles. The molecule has 1 aromatic carbocycles. The Hall–Kier alpha value is -2.12. The molecule has 0 bridgehead atoms. The van der Waals surface area contributed by atoms with Crippen molar-refractivity contribution in [2.24, 2.45) is 0 Å². The lowest BCUT2D eigenvalue weighted by Gasteiger charge is -2.38. The maximum Gasteiger partial charge on any atom is 0.337 e. The summed E-state index contributed by atoms with van der Waals surface area (Å²) >= 11 is 0. The number of hydrogen-bond acceptors (Lipinski definition) is 5. The number of amides is 1. The largest absolute Gasteiger partial charge is 0.497 e. The van der Waals surface area contributed by atoms with Gasteiger partial charge in [0.05, 0.1) is 24.0 Å². The minimum absolute atomic E-state index is 0.000623. The molecule has 0 spiro atoms. The van der Waals surface area contributed by atoms with Crippen molar-refractivity contribution in [2.45, 2.75) is 12.5 Å². The lowest BCUT2D eigenvalue weighted by molar-refractivity contribution is -0.130. The molecule has 0 atom stereocenters. The SMILES string of the molecule is COc1ccc(C(=O)O)c(NC(=O)COC2(C)CNC2)c1. The van der Waals surface area contributed by atoms with Crippen LogP contribution in [0.3, 0.4) is 0 Å². The van der Waals surface area contributed by atoms with Crippen molar-refractivity contribution in [1.82, 2.24) is 5.32 Å². The summed E-state index contributed by atoms with van der Waals surface area (Å²) < 4.78 is 10.5. The Bertz CT molecular complexity index is 554. The van der Waals surface area contributed by atoms with Gasteiger partial charge in [0, 0.05) is 19.2 Å². The third kappa shape index (κ3) is 3.71. The summed E-state index contributed by atoms with van der Waals surface area (Å²) in [7, 11) is 1.47. The first-order chi connectivity index (χ1) is 9.93. The zero-order valence-corrected chi connectivity index (χ0v) is 11.9. The average Bonchev–Trinajstić information content (AvgIpc) is 2.42. The molecule has 0 unspecified atom stereocenters. The molecule has 1 amide bonds. The molecule has 1 aromatic rings. The first-order valence-electron chi connectivity index (χ1n) is 6.49. The molecule has 0 aromatic heterocycles. The number of methoxy groups -OCH3 is 1. The maximum atomic E-state index is 11.9. The minimum Gasteiger partial charge on any atom is -0.497 e. The standard InChI is InChI=1S/C14H18N2O5/c1-14(7-15-8-14)21-6-12(17)16-11-5-9(20-2)3-4-10(11)13(18)19/h3-5,15H,6-8H2,1-2H3,(H,16,17)(H,18,19). The maximum absolute atomic E-state index is 11.9. The molecule has 1 saturated heterocycles. The van der Waals surface area contributed by atoms with Crippen LogP contribution in [0.5, 0.6) is 5.75 Å². The van der Waals surface area contributed by atoms with Crippen LogP contribution < -0.4 is 15.4 Å². The molecule has 1 fully saturated rings. The zero-order valence-electron chi connectivity index (χ0n) is 11.9. The number of carboxylic acids is 1. The number of carboxylic acid groups (broad SMARTS) is 1.